The number of aliphatic imine (C=N–C) groups is 1. The van der Waals surface area contributed by atoms with E-state index >= 15 is 0 Å². The number of esters is 2. The molecule has 46 heavy (non-hydrogen) atoms. The van der Waals surface area contributed by atoms with Gasteiger partial charge in [-0.1, -0.05) is 27.7 Å². The summed E-state index contributed by atoms with van der Waals surface area (Å²) in [4.78, 5) is 37.5. The lowest BCUT2D eigenvalue weighted by molar-refractivity contribution is -0.146. The number of aromatic nitrogens is 2. The SMILES string of the molecule is CCOC(=O)[C@H](CC(C)C)NP(=O)(N[C@@H](CC(C)C)C(=O)OCC)OCC(OC)C(O)C(O)CC=Nc1c(N)nc(N)nc1OC. The van der Waals surface area contributed by atoms with Crippen LogP contribution in [0.1, 0.15) is 60.8 Å². The first-order valence-electron chi connectivity index (χ1n) is 15.1. The van der Waals surface area contributed by atoms with Gasteiger partial charge in [0.1, 0.15) is 24.3 Å². The Bertz CT molecular complexity index is 1140. The third-order valence-electron chi connectivity index (χ3n) is 6.36. The number of aliphatic hydroxyl groups excluding tert-OH is 2. The summed E-state index contributed by atoms with van der Waals surface area (Å²) in [5.41, 5.74) is 11.5. The zero-order valence-corrected chi connectivity index (χ0v) is 28.9. The number of nitrogens with zero attached hydrogens (tertiary/aromatic N) is 3. The second kappa shape index (κ2) is 20.3. The molecule has 1 heterocycles. The van der Waals surface area contributed by atoms with Crippen molar-refractivity contribution in [2.24, 2.45) is 16.8 Å². The van der Waals surface area contributed by atoms with E-state index in [9.17, 15) is 24.4 Å². The molecular weight excluding hydrogens is 625 g/mol. The average molecular weight is 678 g/mol. The topological polar surface area (TPSA) is 252 Å². The molecule has 1 aromatic heterocycles. The lowest BCUT2D eigenvalue weighted by Crippen LogP contribution is -2.47. The van der Waals surface area contributed by atoms with Crippen LogP contribution in [0.25, 0.3) is 0 Å². The summed E-state index contributed by atoms with van der Waals surface area (Å²) >= 11 is 0. The van der Waals surface area contributed by atoms with E-state index in [2.05, 4.69) is 25.1 Å². The van der Waals surface area contributed by atoms with E-state index < -0.39 is 56.6 Å². The fraction of sp³-hybridized carbons (Fsp3) is 0.750. The Labute approximate surface area is 270 Å². The number of carbonyl (C=O) groups is 2. The number of ether oxygens (including phenoxy) is 4. The van der Waals surface area contributed by atoms with Gasteiger partial charge in [-0.05, 0) is 38.5 Å². The van der Waals surface area contributed by atoms with Crippen LogP contribution in [0.15, 0.2) is 4.99 Å². The third-order valence-corrected chi connectivity index (χ3v) is 8.18. The fourth-order valence-corrected chi connectivity index (χ4v) is 6.03. The van der Waals surface area contributed by atoms with E-state index in [0.29, 0.717) is 0 Å². The van der Waals surface area contributed by atoms with E-state index in [0.717, 1.165) is 0 Å². The first-order chi connectivity index (χ1) is 21.6. The molecule has 0 amide bonds. The van der Waals surface area contributed by atoms with Crippen molar-refractivity contribution in [1.29, 1.82) is 0 Å². The Hall–Kier alpha value is -2.92. The first-order valence-corrected chi connectivity index (χ1v) is 16.7. The smallest absolute Gasteiger partial charge is 0.342 e. The molecule has 0 radical (unpaired) electrons. The predicted octanol–water partition coefficient (Wildman–Crippen LogP) is 1.74. The molecule has 264 valence electrons. The van der Waals surface area contributed by atoms with E-state index in [4.69, 9.17) is 34.9 Å². The molecule has 0 saturated carbocycles. The molecule has 3 unspecified atom stereocenters. The van der Waals surface area contributed by atoms with E-state index in [-0.39, 0.29) is 67.6 Å². The van der Waals surface area contributed by atoms with Crippen LogP contribution in [-0.2, 0) is 32.9 Å². The number of nitrogens with one attached hydrogen (secondary N) is 2. The molecule has 0 aliphatic rings. The van der Waals surface area contributed by atoms with Gasteiger partial charge in [-0.15, -0.1) is 0 Å². The van der Waals surface area contributed by atoms with Gasteiger partial charge in [-0.25, -0.2) is 10.2 Å². The van der Waals surface area contributed by atoms with Gasteiger partial charge in [-0.2, -0.15) is 9.97 Å². The van der Waals surface area contributed by atoms with Gasteiger partial charge in [0.15, 0.2) is 11.5 Å². The van der Waals surface area contributed by atoms with Gasteiger partial charge in [0.05, 0.1) is 33.0 Å². The zero-order chi connectivity index (χ0) is 35.0. The van der Waals surface area contributed by atoms with Gasteiger partial charge in [0.25, 0.3) is 0 Å². The molecule has 8 N–H and O–H groups in total. The standard InChI is InChI=1S/C28H52N7O10P/c1-9-43-26(38)18(13-16(3)4)34-46(40,35-19(14-17(5)6)27(39)44-10-2)45-15-21(41-7)23(37)20(36)11-12-31-22-24(29)32-28(30)33-25(22)42-8/h12,16-21,23,36-37H,9-11,13-15H2,1-8H3,(H2,34,35,40)(H4,29,30,32,33)/t18-,19-,20?,21?,23?/m0/s1. The van der Waals surface area contributed by atoms with Gasteiger partial charge in [-0.3, -0.25) is 19.1 Å². The van der Waals surface area contributed by atoms with Gasteiger partial charge in [0.2, 0.25) is 11.8 Å². The Balaban J connectivity index is 3.24. The molecule has 0 spiro atoms. The maximum atomic E-state index is 14.3. The molecule has 1 rings (SSSR count). The van der Waals surface area contributed by atoms with Crippen LogP contribution in [0.5, 0.6) is 5.88 Å². The second-order valence-electron chi connectivity index (χ2n) is 11.2. The second-order valence-corrected chi connectivity index (χ2v) is 13.1. The minimum Gasteiger partial charge on any atom is -0.479 e. The first kappa shape index (κ1) is 41.1. The van der Waals surface area contributed by atoms with Crippen molar-refractivity contribution in [3.8, 4) is 5.88 Å². The molecule has 0 saturated heterocycles. The highest BCUT2D eigenvalue weighted by atomic mass is 31.2. The monoisotopic (exact) mass is 677 g/mol. The molecule has 0 aromatic carbocycles. The molecule has 0 aliphatic heterocycles. The van der Waals surface area contributed by atoms with Crippen molar-refractivity contribution >= 4 is 43.3 Å². The summed E-state index contributed by atoms with van der Waals surface area (Å²) in [6.07, 6.45) is -2.62. The number of nitrogens with two attached hydrogens (primary N) is 2. The number of hydrogen-bond acceptors (Lipinski definition) is 15. The summed E-state index contributed by atoms with van der Waals surface area (Å²) in [5.74, 6) is -1.46. The van der Waals surface area contributed by atoms with Crippen LogP contribution in [0, 0.1) is 11.8 Å². The van der Waals surface area contributed by atoms with Crippen LogP contribution in [0.3, 0.4) is 0 Å². The number of hydrogen-bond donors (Lipinski definition) is 6. The average Bonchev–Trinajstić information content (AvgIpc) is 2.97. The summed E-state index contributed by atoms with van der Waals surface area (Å²) in [5, 5.41) is 27.1. The van der Waals surface area contributed by atoms with Gasteiger partial charge in [0, 0.05) is 19.7 Å². The van der Waals surface area contributed by atoms with Crippen LogP contribution < -0.4 is 26.4 Å². The largest absolute Gasteiger partial charge is 0.479 e. The lowest BCUT2D eigenvalue weighted by Gasteiger charge is -2.31. The molecule has 17 nitrogen and oxygen atoms in total. The van der Waals surface area contributed by atoms with Gasteiger partial charge >= 0.3 is 19.6 Å². The molecule has 0 bridgehead atoms. The third kappa shape index (κ3) is 13.8. The van der Waals surface area contributed by atoms with Gasteiger partial charge < -0.3 is 45.2 Å². The van der Waals surface area contributed by atoms with Crippen LogP contribution in [0.4, 0.5) is 17.5 Å². The van der Waals surface area contributed by atoms with Crippen molar-refractivity contribution < 1.29 is 47.8 Å². The molecule has 1 aromatic rings. The van der Waals surface area contributed by atoms with E-state index in [1.807, 2.05) is 27.7 Å². The van der Waals surface area contributed by atoms with Crippen molar-refractivity contribution in [3.63, 3.8) is 0 Å². The van der Waals surface area contributed by atoms with Crippen molar-refractivity contribution in [1.82, 2.24) is 20.1 Å². The summed E-state index contributed by atoms with van der Waals surface area (Å²) in [7, 11) is -1.66. The maximum Gasteiger partial charge on any atom is 0.342 e. The number of carbonyl (C=O) groups excluding carboxylic acids is 2. The van der Waals surface area contributed by atoms with Crippen molar-refractivity contribution in [2.75, 3.05) is 45.5 Å². The molecule has 18 heteroatoms. The Morgan fingerprint density at radius 2 is 1.48 bits per heavy atom. The van der Waals surface area contributed by atoms with Crippen molar-refractivity contribution in [3.05, 3.63) is 0 Å². The van der Waals surface area contributed by atoms with Crippen molar-refractivity contribution in [2.45, 2.75) is 91.2 Å². The lowest BCUT2D eigenvalue weighted by atomic mass is 10.1. The number of aliphatic hydroxyl groups is 2. The van der Waals surface area contributed by atoms with Crippen LogP contribution in [0.2, 0.25) is 0 Å². The minimum absolute atomic E-state index is 0.00708. The Morgan fingerprint density at radius 1 is 0.957 bits per heavy atom. The minimum atomic E-state index is -4.27. The quantitative estimate of drug-likeness (QED) is 0.0580. The van der Waals surface area contributed by atoms with Crippen LogP contribution >= 0.6 is 7.67 Å². The Morgan fingerprint density at radius 3 is 1.91 bits per heavy atom. The van der Waals surface area contributed by atoms with Crippen LogP contribution in [-0.4, -0.2) is 103 Å². The van der Waals surface area contributed by atoms with E-state index in [1.165, 1.54) is 20.4 Å². The number of anilines is 2. The highest BCUT2D eigenvalue weighted by Gasteiger charge is 2.38. The fourth-order valence-electron chi connectivity index (χ4n) is 4.21. The highest BCUT2D eigenvalue weighted by Crippen LogP contribution is 2.41. The van der Waals surface area contributed by atoms with E-state index in [1.54, 1.807) is 13.8 Å². The summed E-state index contributed by atoms with van der Waals surface area (Å²) in [6.45, 7) is 10.5. The molecule has 0 aliphatic carbocycles. The number of rotatable bonds is 22. The maximum absolute atomic E-state index is 14.3. The Kier molecular flexibility index (Phi) is 18.2. The normalized spacial score (nSPS) is 15.5. The predicted molar refractivity (Wildman–Crippen MR) is 173 cm³/mol. The summed E-state index contributed by atoms with van der Waals surface area (Å²) in [6, 6.07) is -2.12. The summed E-state index contributed by atoms with van der Waals surface area (Å²) < 4.78 is 41.0. The number of nitrogen functional groups attached to an aromatic ring is 2. The molecule has 5 atom stereocenters. The zero-order valence-electron chi connectivity index (χ0n) is 28.0. The molecular formula is C28H52N7O10P. The highest BCUT2D eigenvalue weighted by molar-refractivity contribution is 7.54. The number of methoxy groups -OCH3 is 2. The molecule has 0 fully saturated rings.